The smallest absolute Gasteiger partial charge is 0.279 e. The molecular weight excluding hydrogens is 358 g/mol. The van der Waals surface area contributed by atoms with E-state index in [1.54, 1.807) is 41.8 Å². The van der Waals surface area contributed by atoms with E-state index < -0.39 is 5.91 Å². The van der Waals surface area contributed by atoms with Crippen LogP contribution >= 0.6 is 23.6 Å². The van der Waals surface area contributed by atoms with Gasteiger partial charge in [-0.2, -0.15) is 0 Å². The maximum atomic E-state index is 12.2. The summed E-state index contributed by atoms with van der Waals surface area (Å²) in [5.74, 6) is -0.0973. The second kappa shape index (κ2) is 9.14. The van der Waals surface area contributed by atoms with Crippen LogP contribution in [0.2, 0.25) is 0 Å². The molecule has 0 fully saturated rings. The lowest BCUT2D eigenvalue weighted by atomic mass is 10.2. The molecule has 0 unspecified atom stereocenters. The SMILES string of the molecule is CC[C@@H](C)Oc1cccc(C(=O)NC(=S)NNC(=O)c2cccs2)c1. The van der Waals surface area contributed by atoms with Crippen LogP contribution in [0.5, 0.6) is 5.75 Å². The normalized spacial score (nSPS) is 11.3. The van der Waals surface area contributed by atoms with E-state index in [1.807, 2.05) is 13.8 Å². The van der Waals surface area contributed by atoms with Gasteiger partial charge in [0.25, 0.3) is 11.8 Å². The highest BCUT2D eigenvalue weighted by atomic mass is 32.1. The summed E-state index contributed by atoms with van der Waals surface area (Å²) >= 11 is 6.32. The van der Waals surface area contributed by atoms with E-state index in [2.05, 4.69) is 16.2 Å². The van der Waals surface area contributed by atoms with Crippen LogP contribution in [0.15, 0.2) is 41.8 Å². The van der Waals surface area contributed by atoms with Crippen LogP contribution in [-0.2, 0) is 0 Å². The number of thiocarbonyl (C=S) groups is 1. The van der Waals surface area contributed by atoms with E-state index in [9.17, 15) is 9.59 Å². The fourth-order valence-corrected chi connectivity index (χ4v) is 2.58. The molecule has 0 aliphatic heterocycles. The summed E-state index contributed by atoms with van der Waals surface area (Å²) < 4.78 is 5.70. The number of benzene rings is 1. The molecule has 2 rings (SSSR count). The Bertz CT molecular complexity index is 747. The first-order valence-corrected chi connectivity index (χ1v) is 9.00. The molecule has 132 valence electrons. The van der Waals surface area contributed by atoms with Crippen molar-refractivity contribution in [1.82, 2.24) is 16.2 Å². The lowest BCUT2D eigenvalue weighted by Crippen LogP contribution is -2.48. The van der Waals surface area contributed by atoms with E-state index in [0.717, 1.165) is 6.42 Å². The number of amides is 2. The number of thiophene rings is 1. The topological polar surface area (TPSA) is 79.5 Å². The minimum atomic E-state index is -0.391. The molecule has 0 saturated carbocycles. The quantitative estimate of drug-likeness (QED) is 0.552. The van der Waals surface area contributed by atoms with E-state index in [1.165, 1.54) is 11.3 Å². The molecule has 1 heterocycles. The van der Waals surface area contributed by atoms with Crippen LogP contribution < -0.4 is 20.9 Å². The average Bonchev–Trinajstić information content (AvgIpc) is 3.14. The third-order valence-electron chi connectivity index (χ3n) is 3.27. The number of rotatable bonds is 5. The first-order valence-electron chi connectivity index (χ1n) is 7.71. The van der Waals surface area contributed by atoms with Gasteiger partial charge in [-0.05, 0) is 55.2 Å². The molecule has 0 bridgehead atoms. The maximum absolute atomic E-state index is 12.2. The third kappa shape index (κ3) is 5.84. The zero-order valence-corrected chi connectivity index (χ0v) is 15.5. The second-order valence-electron chi connectivity index (χ2n) is 5.20. The first kappa shape index (κ1) is 18.9. The summed E-state index contributed by atoms with van der Waals surface area (Å²) in [4.78, 5) is 24.6. The molecule has 1 aromatic carbocycles. The van der Waals surface area contributed by atoms with Crippen molar-refractivity contribution in [1.29, 1.82) is 0 Å². The largest absolute Gasteiger partial charge is 0.491 e. The number of hydrogen-bond acceptors (Lipinski definition) is 5. The minimum absolute atomic E-state index is 0.00292. The lowest BCUT2D eigenvalue weighted by molar-refractivity contribution is 0.0938. The maximum Gasteiger partial charge on any atom is 0.279 e. The Labute approximate surface area is 155 Å². The fraction of sp³-hybridized carbons (Fsp3) is 0.235. The summed E-state index contributed by atoms with van der Waals surface area (Å²) in [7, 11) is 0. The van der Waals surface area contributed by atoms with Crippen molar-refractivity contribution in [3.63, 3.8) is 0 Å². The third-order valence-corrected chi connectivity index (χ3v) is 4.34. The molecule has 0 spiro atoms. The zero-order chi connectivity index (χ0) is 18.2. The van der Waals surface area contributed by atoms with Gasteiger partial charge < -0.3 is 4.74 Å². The van der Waals surface area contributed by atoms with Gasteiger partial charge in [-0.15, -0.1) is 11.3 Å². The number of hydrogen-bond donors (Lipinski definition) is 3. The first-order chi connectivity index (χ1) is 12.0. The Hall–Kier alpha value is -2.45. The van der Waals surface area contributed by atoms with Gasteiger partial charge in [-0.25, -0.2) is 0 Å². The second-order valence-corrected chi connectivity index (χ2v) is 6.56. The minimum Gasteiger partial charge on any atom is -0.491 e. The van der Waals surface area contributed by atoms with Crippen LogP contribution in [0, 0.1) is 0 Å². The van der Waals surface area contributed by atoms with E-state index in [4.69, 9.17) is 17.0 Å². The number of ether oxygens (including phenoxy) is 1. The molecule has 0 saturated heterocycles. The predicted molar refractivity (Wildman–Crippen MR) is 102 cm³/mol. The van der Waals surface area contributed by atoms with E-state index in [-0.39, 0.29) is 17.1 Å². The molecule has 0 aliphatic carbocycles. The Kier molecular flexibility index (Phi) is 6.91. The summed E-state index contributed by atoms with van der Waals surface area (Å²) in [5, 5.41) is 4.30. The van der Waals surface area contributed by atoms with E-state index >= 15 is 0 Å². The number of carbonyl (C=O) groups is 2. The molecule has 0 radical (unpaired) electrons. The monoisotopic (exact) mass is 377 g/mol. The molecule has 6 nitrogen and oxygen atoms in total. The molecule has 1 aromatic heterocycles. The highest BCUT2D eigenvalue weighted by molar-refractivity contribution is 7.80. The van der Waals surface area contributed by atoms with Gasteiger partial charge in [-0.1, -0.05) is 19.1 Å². The van der Waals surface area contributed by atoms with Gasteiger partial charge in [0, 0.05) is 5.56 Å². The van der Waals surface area contributed by atoms with Gasteiger partial charge in [-0.3, -0.25) is 25.8 Å². The lowest BCUT2D eigenvalue weighted by Gasteiger charge is -2.14. The Morgan fingerprint density at radius 2 is 2.00 bits per heavy atom. The molecule has 8 heteroatoms. The van der Waals surface area contributed by atoms with Gasteiger partial charge >= 0.3 is 0 Å². The standard InChI is InChI=1S/C17H19N3O3S2/c1-3-11(2)23-13-7-4-6-12(10-13)15(21)18-17(24)20-19-16(22)14-8-5-9-25-14/h4-11H,3H2,1-2H3,(H,19,22)(H2,18,20,21,24)/t11-/m1/s1. The summed E-state index contributed by atoms with van der Waals surface area (Å²) in [6.07, 6.45) is 0.933. The molecule has 25 heavy (non-hydrogen) atoms. The van der Waals surface area contributed by atoms with Gasteiger partial charge in [0.1, 0.15) is 5.75 Å². The van der Waals surface area contributed by atoms with Crippen molar-refractivity contribution in [3.8, 4) is 5.75 Å². The van der Waals surface area contributed by atoms with Crippen LogP contribution in [0.1, 0.15) is 40.3 Å². The summed E-state index contributed by atoms with van der Waals surface area (Å²) in [6.45, 7) is 3.98. The van der Waals surface area contributed by atoms with Crippen LogP contribution in [0.3, 0.4) is 0 Å². The van der Waals surface area contributed by atoms with Crippen LogP contribution in [-0.4, -0.2) is 23.0 Å². The van der Waals surface area contributed by atoms with Crippen molar-refractivity contribution in [3.05, 3.63) is 52.2 Å². The van der Waals surface area contributed by atoms with Crippen LogP contribution in [0.4, 0.5) is 0 Å². The highest BCUT2D eigenvalue weighted by Crippen LogP contribution is 2.15. The van der Waals surface area contributed by atoms with Crippen molar-refractivity contribution in [2.45, 2.75) is 26.4 Å². The predicted octanol–water partition coefficient (Wildman–Crippen LogP) is 2.87. The Morgan fingerprint density at radius 1 is 1.20 bits per heavy atom. The summed E-state index contributed by atoms with van der Waals surface area (Å²) in [5.41, 5.74) is 5.34. The Morgan fingerprint density at radius 3 is 2.68 bits per heavy atom. The zero-order valence-electron chi connectivity index (χ0n) is 13.9. The van der Waals surface area contributed by atoms with Gasteiger partial charge in [0.05, 0.1) is 11.0 Å². The molecule has 0 aliphatic rings. The number of nitrogens with one attached hydrogen (secondary N) is 3. The molecule has 2 amide bonds. The van der Waals surface area contributed by atoms with Crippen molar-refractivity contribution in [2.24, 2.45) is 0 Å². The molecular formula is C17H19N3O3S2. The average molecular weight is 377 g/mol. The van der Waals surface area contributed by atoms with Gasteiger partial charge in [0.15, 0.2) is 5.11 Å². The number of hydrazine groups is 1. The van der Waals surface area contributed by atoms with Gasteiger partial charge in [0.2, 0.25) is 0 Å². The van der Waals surface area contributed by atoms with Crippen molar-refractivity contribution < 1.29 is 14.3 Å². The highest BCUT2D eigenvalue weighted by Gasteiger charge is 2.11. The number of carbonyl (C=O) groups excluding carboxylic acids is 2. The fourth-order valence-electron chi connectivity index (χ4n) is 1.82. The van der Waals surface area contributed by atoms with Crippen molar-refractivity contribution in [2.75, 3.05) is 0 Å². The van der Waals surface area contributed by atoms with E-state index in [0.29, 0.717) is 16.2 Å². The molecule has 1 atom stereocenters. The Balaban J connectivity index is 1.87. The summed E-state index contributed by atoms with van der Waals surface area (Å²) in [6, 6.07) is 10.3. The van der Waals surface area contributed by atoms with Crippen LogP contribution in [0.25, 0.3) is 0 Å². The molecule has 2 aromatic rings. The van der Waals surface area contributed by atoms with Crippen molar-refractivity contribution >= 4 is 40.5 Å². The molecule has 3 N–H and O–H groups in total.